The van der Waals surface area contributed by atoms with Crippen molar-refractivity contribution in [2.75, 3.05) is 91.1 Å². The summed E-state index contributed by atoms with van der Waals surface area (Å²) < 4.78 is 32.0. The summed E-state index contributed by atoms with van der Waals surface area (Å²) in [5.41, 5.74) is 6.84. The van der Waals surface area contributed by atoms with Gasteiger partial charge in [0.05, 0.1) is 71.6 Å². The van der Waals surface area contributed by atoms with E-state index in [1.165, 1.54) is 0 Å². The molecule has 0 aliphatic heterocycles. The number of rotatable bonds is 22. The molecule has 0 fully saturated rings. The van der Waals surface area contributed by atoms with Crippen LogP contribution in [0.1, 0.15) is 30.1 Å². The van der Waals surface area contributed by atoms with Crippen molar-refractivity contribution in [3.63, 3.8) is 0 Å². The summed E-state index contributed by atoms with van der Waals surface area (Å²) in [6.07, 6.45) is 2.26. The molecule has 1 aromatic rings. The summed E-state index contributed by atoms with van der Waals surface area (Å²) in [5, 5.41) is 3.31. The third kappa shape index (κ3) is 16.0. The minimum absolute atomic E-state index is 0.204. The van der Waals surface area contributed by atoms with E-state index in [9.17, 15) is 4.79 Å². The zero-order valence-electron chi connectivity index (χ0n) is 19.4. The Balaban J connectivity index is 1.87. The molecular weight excluding hydrogens is 416 g/mol. The first-order valence-electron chi connectivity index (χ1n) is 11.4. The molecule has 0 unspecified atom stereocenters. The Kier molecular flexibility index (Phi) is 18.7. The van der Waals surface area contributed by atoms with Crippen LogP contribution in [-0.2, 0) is 28.4 Å². The standard InChI is InChI=1S/C23H40N2O7/c1-2-3-9-25-22-6-4-21(5-7-22)23(26)32-20-19-31-18-17-30-16-15-29-14-13-28-12-11-27-10-8-24/h4-7,25H,2-3,8-20,24H2,1H3. The summed E-state index contributed by atoms with van der Waals surface area (Å²) in [6.45, 7) is 8.68. The van der Waals surface area contributed by atoms with Gasteiger partial charge in [0.2, 0.25) is 0 Å². The average Bonchev–Trinajstić information content (AvgIpc) is 2.81. The smallest absolute Gasteiger partial charge is 0.338 e. The van der Waals surface area contributed by atoms with Crippen LogP contribution in [0.25, 0.3) is 0 Å². The minimum atomic E-state index is -0.353. The van der Waals surface area contributed by atoms with Crippen molar-refractivity contribution < 1.29 is 33.2 Å². The molecule has 0 spiro atoms. The zero-order chi connectivity index (χ0) is 23.1. The number of ether oxygens (including phenoxy) is 6. The van der Waals surface area contributed by atoms with Gasteiger partial charge in [-0.1, -0.05) is 13.3 Å². The number of unbranched alkanes of at least 4 members (excludes halogenated alkanes) is 1. The molecule has 0 saturated carbocycles. The van der Waals surface area contributed by atoms with Gasteiger partial charge in [-0.05, 0) is 30.7 Å². The highest BCUT2D eigenvalue weighted by Gasteiger charge is 2.06. The van der Waals surface area contributed by atoms with Gasteiger partial charge >= 0.3 is 5.97 Å². The van der Waals surface area contributed by atoms with Crippen molar-refractivity contribution in [1.29, 1.82) is 0 Å². The van der Waals surface area contributed by atoms with E-state index in [1.54, 1.807) is 12.1 Å². The van der Waals surface area contributed by atoms with Crippen LogP contribution in [0.3, 0.4) is 0 Å². The first kappa shape index (κ1) is 28.3. The Morgan fingerprint density at radius 2 is 1.22 bits per heavy atom. The highest BCUT2D eigenvalue weighted by Crippen LogP contribution is 2.10. The topological polar surface area (TPSA) is 111 Å². The normalized spacial score (nSPS) is 10.9. The van der Waals surface area contributed by atoms with E-state index < -0.39 is 0 Å². The lowest BCUT2D eigenvalue weighted by Gasteiger charge is -2.09. The predicted molar refractivity (Wildman–Crippen MR) is 123 cm³/mol. The summed E-state index contributed by atoms with van der Waals surface area (Å²) in [6, 6.07) is 7.29. The Bertz CT molecular complexity index is 558. The van der Waals surface area contributed by atoms with Gasteiger partial charge in [-0.2, -0.15) is 0 Å². The molecule has 0 aliphatic rings. The number of hydrogen-bond donors (Lipinski definition) is 2. The van der Waals surface area contributed by atoms with Crippen molar-refractivity contribution in [1.82, 2.24) is 0 Å². The number of anilines is 1. The maximum absolute atomic E-state index is 12.0. The van der Waals surface area contributed by atoms with E-state index in [0.29, 0.717) is 78.2 Å². The molecule has 0 bridgehead atoms. The van der Waals surface area contributed by atoms with E-state index in [0.717, 1.165) is 25.1 Å². The first-order valence-corrected chi connectivity index (χ1v) is 11.4. The molecule has 32 heavy (non-hydrogen) atoms. The number of nitrogens with one attached hydrogen (secondary N) is 1. The zero-order valence-corrected chi connectivity index (χ0v) is 19.4. The molecule has 0 aromatic heterocycles. The van der Waals surface area contributed by atoms with Gasteiger partial charge in [0, 0.05) is 18.8 Å². The molecule has 1 aromatic carbocycles. The lowest BCUT2D eigenvalue weighted by Crippen LogP contribution is -2.15. The molecule has 184 valence electrons. The Morgan fingerprint density at radius 1 is 0.750 bits per heavy atom. The van der Waals surface area contributed by atoms with Crippen molar-refractivity contribution in [3.05, 3.63) is 29.8 Å². The molecule has 0 atom stereocenters. The van der Waals surface area contributed by atoms with Crippen LogP contribution in [0.15, 0.2) is 24.3 Å². The Morgan fingerprint density at radius 3 is 1.69 bits per heavy atom. The lowest BCUT2D eigenvalue weighted by atomic mass is 10.2. The van der Waals surface area contributed by atoms with E-state index in [-0.39, 0.29) is 12.6 Å². The Labute approximate surface area is 191 Å². The number of carbonyl (C=O) groups is 1. The molecule has 1 rings (SSSR count). The molecule has 9 nitrogen and oxygen atoms in total. The third-order valence-corrected chi connectivity index (χ3v) is 4.19. The molecule has 9 heteroatoms. The van der Waals surface area contributed by atoms with Gasteiger partial charge in [-0.3, -0.25) is 0 Å². The van der Waals surface area contributed by atoms with Gasteiger partial charge in [-0.15, -0.1) is 0 Å². The molecule has 0 heterocycles. The van der Waals surface area contributed by atoms with E-state index >= 15 is 0 Å². The van der Waals surface area contributed by atoms with Crippen LogP contribution in [0.5, 0.6) is 0 Å². The van der Waals surface area contributed by atoms with Crippen molar-refractivity contribution in [2.24, 2.45) is 5.73 Å². The van der Waals surface area contributed by atoms with Crippen molar-refractivity contribution in [3.8, 4) is 0 Å². The number of nitrogens with two attached hydrogens (primary N) is 1. The van der Waals surface area contributed by atoms with E-state index in [4.69, 9.17) is 34.2 Å². The van der Waals surface area contributed by atoms with Crippen LogP contribution in [0, 0.1) is 0 Å². The highest BCUT2D eigenvalue weighted by molar-refractivity contribution is 5.89. The molecule has 0 saturated heterocycles. The number of benzene rings is 1. The van der Waals surface area contributed by atoms with E-state index in [2.05, 4.69) is 12.2 Å². The lowest BCUT2D eigenvalue weighted by molar-refractivity contribution is -0.0148. The summed E-state index contributed by atoms with van der Waals surface area (Å²) in [5.74, 6) is -0.353. The van der Waals surface area contributed by atoms with Gasteiger partial charge in [0.1, 0.15) is 6.61 Å². The van der Waals surface area contributed by atoms with Gasteiger partial charge < -0.3 is 39.5 Å². The summed E-state index contributed by atoms with van der Waals surface area (Å²) in [4.78, 5) is 12.0. The van der Waals surface area contributed by atoms with Gasteiger partial charge in [0.25, 0.3) is 0 Å². The monoisotopic (exact) mass is 456 g/mol. The molecule has 0 radical (unpaired) electrons. The Hall–Kier alpha value is -1.75. The number of carbonyl (C=O) groups excluding carboxylic acids is 1. The molecule has 0 amide bonds. The third-order valence-electron chi connectivity index (χ3n) is 4.19. The molecule has 3 N–H and O–H groups in total. The summed E-state index contributed by atoms with van der Waals surface area (Å²) in [7, 11) is 0. The quantitative estimate of drug-likeness (QED) is 0.200. The van der Waals surface area contributed by atoms with E-state index in [1.807, 2.05) is 12.1 Å². The molecular formula is C23H40N2O7. The number of esters is 1. The molecule has 0 aliphatic carbocycles. The maximum Gasteiger partial charge on any atom is 0.338 e. The summed E-state index contributed by atoms with van der Waals surface area (Å²) >= 11 is 0. The second-order valence-electron chi connectivity index (χ2n) is 6.84. The minimum Gasteiger partial charge on any atom is -0.460 e. The predicted octanol–water partition coefficient (Wildman–Crippen LogP) is 2.10. The van der Waals surface area contributed by atoms with Crippen LogP contribution in [0.2, 0.25) is 0 Å². The maximum atomic E-state index is 12.0. The first-order chi connectivity index (χ1) is 15.8. The van der Waals surface area contributed by atoms with Crippen LogP contribution in [-0.4, -0.2) is 91.7 Å². The second-order valence-corrected chi connectivity index (χ2v) is 6.84. The van der Waals surface area contributed by atoms with Gasteiger partial charge in [-0.25, -0.2) is 4.79 Å². The van der Waals surface area contributed by atoms with Crippen molar-refractivity contribution in [2.45, 2.75) is 19.8 Å². The highest BCUT2D eigenvalue weighted by atomic mass is 16.6. The number of hydrogen-bond acceptors (Lipinski definition) is 9. The van der Waals surface area contributed by atoms with Gasteiger partial charge in [0.15, 0.2) is 0 Å². The van der Waals surface area contributed by atoms with Crippen LogP contribution in [0.4, 0.5) is 5.69 Å². The largest absolute Gasteiger partial charge is 0.460 e. The van der Waals surface area contributed by atoms with Crippen molar-refractivity contribution >= 4 is 11.7 Å². The fourth-order valence-electron chi connectivity index (χ4n) is 2.48. The second kappa shape index (κ2) is 21.1. The fraction of sp³-hybridized carbons (Fsp3) is 0.696. The van der Waals surface area contributed by atoms with Crippen LogP contribution < -0.4 is 11.1 Å². The fourth-order valence-corrected chi connectivity index (χ4v) is 2.48. The van der Waals surface area contributed by atoms with Crippen LogP contribution >= 0.6 is 0 Å². The average molecular weight is 457 g/mol. The SMILES string of the molecule is CCCCNc1ccc(C(=O)OCCOCCOCCOCCOCCOCCN)cc1.